The maximum absolute atomic E-state index is 11.9. The maximum atomic E-state index is 11.9. The van der Waals surface area contributed by atoms with Gasteiger partial charge in [0.05, 0.1) is 12.0 Å². The summed E-state index contributed by atoms with van der Waals surface area (Å²) in [5.41, 5.74) is 0. The SMILES string of the molecule is CC(C)C(C(=O)O)[C@H]1NC(=O)[C@H]1NC(=O)COc1ccccc1. The first-order valence-electron chi connectivity index (χ1n) is 7.40. The van der Waals surface area contributed by atoms with E-state index >= 15 is 0 Å². The highest BCUT2D eigenvalue weighted by Gasteiger charge is 2.48. The Kier molecular flexibility index (Phi) is 5.20. The molecule has 1 aromatic carbocycles. The number of nitrogens with one attached hydrogen (secondary N) is 2. The molecule has 0 radical (unpaired) electrons. The van der Waals surface area contributed by atoms with Crippen LogP contribution in [0.25, 0.3) is 0 Å². The summed E-state index contributed by atoms with van der Waals surface area (Å²) in [5.74, 6) is -2.22. The van der Waals surface area contributed by atoms with E-state index in [1.807, 2.05) is 6.07 Å². The molecule has 7 heteroatoms. The normalized spacial score (nSPS) is 21.1. The molecule has 0 aliphatic carbocycles. The van der Waals surface area contributed by atoms with Crippen molar-refractivity contribution >= 4 is 17.8 Å². The Morgan fingerprint density at radius 3 is 2.48 bits per heavy atom. The zero-order chi connectivity index (χ0) is 17.0. The molecule has 124 valence electrons. The smallest absolute Gasteiger partial charge is 0.308 e. The third kappa shape index (κ3) is 4.00. The Morgan fingerprint density at radius 2 is 1.96 bits per heavy atom. The molecule has 3 atom stereocenters. The van der Waals surface area contributed by atoms with Crippen molar-refractivity contribution in [1.29, 1.82) is 0 Å². The lowest BCUT2D eigenvalue weighted by Crippen LogP contribution is -2.73. The predicted molar refractivity (Wildman–Crippen MR) is 81.8 cm³/mol. The topological polar surface area (TPSA) is 105 Å². The number of β-lactam (4-membered cyclic amide) rings is 1. The van der Waals surface area contributed by atoms with E-state index in [1.165, 1.54) is 0 Å². The standard InChI is InChI=1S/C16H20N2O5/c1-9(2)12(16(21)22)13-14(15(20)18-13)17-11(19)8-23-10-6-4-3-5-7-10/h3-7,9,12-14H,8H2,1-2H3,(H,17,19)(H,18,20)(H,21,22)/t12?,13-,14+/m1/s1. The van der Waals surface area contributed by atoms with Gasteiger partial charge in [0, 0.05) is 0 Å². The molecule has 2 rings (SSSR count). The van der Waals surface area contributed by atoms with Crippen LogP contribution in [0.1, 0.15) is 13.8 Å². The lowest BCUT2D eigenvalue weighted by molar-refractivity contribution is -0.150. The number of hydrogen-bond donors (Lipinski definition) is 3. The van der Waals surface area contributed by atoms with E-state index in [-0.39, 0.29) is 18.4 Å². The molecule has 1 aliphatic rings. The quantitative estimate of drug-likeness (QED) is 0.631. The molecule has 0 spiro atoms. The van der Waals surface area contributed by atoms with Gasteiger partial charge in [-0.2, -0.15) is 0 Å². The van der Waals surface area contributed by atoms with Crippen molar-refractivity contribution in [2.45, 2.75) is 25.9 Å². The minimum atomic E-state index is -0.996. The molecule has 1 aliphatic heterocycles. The average molecular weight is 320 g/mol. The van der Waals surface area contributed by atoms with Crippen molar-refractivity contribution in [2.75, 3.05) is 6.61 Å². The summed E-state index contributed by atoms with van der Waals surface area (Å²) < 4.78 is 5.30. The summed E-state index contributed by atoms with van der Waals surface area (Å²) in [6.07, 6.45) is 0. The highest BCUT2D eigenvalue weighted by molar-refractivity contribution is 5.95. The van der Waals surface area contributed by atoms with Gasteiger partial charge >= 0.3 is 5.97 Å². The summed E-state index contributed by atoms with van der Waals surface area (Å²) >= 11 is 0. The van der Waals surface area contributed by atoms with Gasteiger partial charge in [0.1, 0.15) is 11.8 Å². The molecule has 1 fully saturated rings. The molecule has 1 aromatic rings. The van der Waals surface area contributed by atoms with E-state index in [2.05, 4.69) is 10.6 Å². The van der Waals surface area contributed by atoms with Crippen molar-refractivity contribution in [2.24, 2.45) is 11.8 Å². The van der Waals surface area contributed by atoms with Crippen LogP contribution in [0.5, 0.6) is 5.75 Å². The van der Waals surface area contributed by atoms with Crippen LogP contribution in [0.4, 0.5) is 0 Å². The lowest BCUT2D eigenvalue weighted by atomic mass is 9.80. The number of carboxylic acid groups (broad SMARTS) is 1. The lowest BCUT2D eigenvalue weighted by Gasteiger charge is -2.41. The van der Waals surface area contributed by atoms with Gasteiger partial charge in [-0.15, -0.1) is 0 Å². The summed E-state index contributed by atoms with van der Waals surface area (Å²) in [6, 6.07) is 7.36. The first kappa shape index (κ1) is 16.8. The summed E-state index contributed by atoms with van der Waals surface area (Å²) in [4.78, 5) is 34.9. The van der Waals surface area contributed by atoms with Gasteiger partial charge in [0.2, 0.25) is 5.91 Å². The first-order valence-corrected chi connectivity index (χ1v) is 7.40. The van der Waals surface area contributed by atoms with Crippen molar-refractivity contribution in [3.8, 4) is 5.75 Å². The zero-order valence-corrected chi connectivity index (χ0v) is 13.0. The minimum absolute atomic E-state index is 0.168. The molecule has 1 saturated heterocycles. The van der Waals surface area contributed by atoms with E-state index in [9.17, 15) is 19.5 Å². The van der Waals surface area contributed by atoms with Gasteiger partial charge in [-0.3, -0.25) is 14.4 Å². The Hall–Kier alpha value is -2.57. The molecule has 1 heterocycles. The van der Waals surface area contributed by atoms with E-state index in [1.54, 1.807) is 38.1 Å². The third-order valence-corrected chi connectivity index (χ3v) is 3.77. The predicted octanol–water partition coefficient (Wildman–Crippen LogP) is 0.405. The first-order chi connectivity index (χ1) is 10.9. The van der Waals surface area contributed by atoms with Crippen molar-refractivity contribution in [1.82, 2.24) is 10.6 Å². The van der Waals surface area contributed by atoms with E-state index in [0.29, 0.717) is 5.75 Å². The molecule has 0 aromatic heterocycles. The molecule has 1 unspecified atom stereocenters. The number of amides is 2. The van der Waals surface area contributed by atoms with Crippen LogP contribution in [0.3, 0.4) is 0 Å². The van der Waals surface area contributed by atoms with E-state index in [4.69, 9.17) is 4.74 Å². The van der Waals surface area contributed by atoms with Gasteiger partial charge in [-0.25, -0.2) is 0 Å². The fourth-order valence-corrected chi connectivity index (χ4v) is 2.59. The molecule has 23 heavy (non-hydrogen) atoms. The van der Waals surface area contributed by atoms with Crippen molar-refractivity contribution in [3.63, 3.8) is 0 Å². The number of carboxylic acids is 1. The molecule has 7 nitrogen and oxygen atoms in total. The monoisotopic (exact) mass is 320 g/mol. The van der Waals surface area contributed by atoms with Crippen LogP contribution < -0.4 is 15.4 Å². The molecule has 2 amide bonds. The summed E-state index contributed by atoms with van der Waals surface area (Å²) in [7, 11) is 0. The van der Waals surface area contributed by atoms with Crippen molar-refractivity contribution < 1.29 is 24.2 Å². The van der Waals surface area contributed by atoms with Crippen LogP contribution in [0, 0.1) is 11.8 Å². The highest BCUT2D eigenvalue weighted by atomic mass is 16.5. The molecular formula is C16H20N2O5. The van der Waals surface area contributed by atoms with Crippen LogP contribution in [0.2, 0.25) is 0 Å². The largest absolute Gasteiger partial charge is 0.484 e. The zero-order valence-electron chi connectivity index (χ0n) is 13.0. The Labute approximate surface area is 134 Å². The fraction of sp³-hybridized carbons (Fsp3) is 0.438. The Bertz CT molecular complexity index is 587. The van der Waals surface area contributed by atoms with Gasteiger partial charge in [-0.1, -0.05) is 32.0 Å². The molecule has 0 saturated carbocycles. The van der Waals surface area contributed by atoms with Crippen LogP contribution >= 0.6 is 0 Å². The minimum Gasteiger partial charge on any atom is -0.484 e. The Morgan fingerprint density at radius 1 is 1.30 bits per heavy atom. The number of para-hydroxylation sites is 1. The van der Waals surface area contributed by atoms with Gasteiger partial charge in [0.25, 0.3) is 5.91 Å². The summed E-state index contributed by atoms with van der Waals surface area (Å²) in [6.45, 7) is 3.29. The van der Waals surface area contributed by atoms with Crippen LogP contribution in [-0.4, -0.2) is 41.6 Å². The van der Waals surface area contributed by atoms with Gasteiger partial charge < -0.3 is 20.5 Å². The summed E-state index contributed by atoms with van der Waals surface area (Å²) in [5, 5.41) is 14.4. The van der Waals surface area contributed by atoms with Crippen LogP contribution in [0.15, 0.2) is 30.3 Å². The number of ether oxygens (including phenoxy) is 1. The number of carbonyl (C=O) groups excluding carboxylic acids is 2. The number of rotatable bonds is 7. The number of benzene rings is 1. The van der Waals surface area contributed by atoms with Crippen molar-refractivity contribution in [3.05, 3.63) is 30.3 Å². The van der Waals surface area contributed by atoms with Crippen LogP contribution in [-0.2, 0) is 14.4 Å². The van der Waals surface area contributed by atoms with E-state index in [0.717, 1.165) is 0 Å². The third-order valence-electron chi connectivity index (χ3n) is 3.77. The highest BCUT2D eigenvalue weighted by Crippen LogP contribution is 2.23. The second-order valence-electron chi connectivity index (χ2n) is 5.79. The second kappa shape index (κ2) is 7.13. The number of hydrogen-bond acceptors (Lipinski definition) is 4. The van der Waals surface area contributed by atoms with E-state index < -0.39 is 29.9 Å². The van der Waals surface area contributed by atoms with Gasteiger partial charge in [-0.05, 0) is 18.1 Å². The molecule has 0 bridgehead atoms. The Balaban J connectivity index is 1.91. The maximum Gasteiger partial charge on any atom is 0.308 e. The molecular weight excluding hydrogens is 300 g/mol. The average Bonchev–Trinajstić information content (AvgIpc) is 2.50. The molecule has 3 N–H and O–H groups in total. The number of carbonyl (C=O) groups is 3. The number of aliphatic carboxylic acids is 1. The van der Waals surface area contributed by atoms with Gasteiger partial charge in [0.15, 0.2) is 6.61 Å². The second-order valence-corrected chi connectivity index (χ2v) is 5.79. The fourth-order valence-electron chi connectivity index (χ4n) is 2.59.